The molecule has 1 fully saturated rings. The van der Waals surface area contributed by atoms with Gasteiger partial charge < -0.3 is 10.1 Å². The van der Waals surface area contributed by atoms with E-state index in [1.165, 1.54) is 22.5 Å². The highest BCUT2D eigenvalue weighted by Gasteiger charge is 2.28. The van der Waals surface area contributed by atoms with Crippen molar-refractivity contribution in [2.45, 2.75) is 63.3 Å². The normalized spacial score (nSPS) is 16.1. The van der Waals surface area contributed by atoms with Crippen molar-refractivity contribution in [2.75, 3.05) is 19.7 Å². The Morgan fingerprint density at radius 3 is 2.38 bits per heavy atom. The monoisotopic (exact) mass is 444 g/mol. The van der Waals surface area contributed by atoms with Gasteiger partial charge in [-0.15, -0.1) is 0 Å². The first-order valence-corrected chi connectivity index (χ1v) is 11.7. The number of carbonyl (C=O) groups excluding carboxylic acids is 2. The Morgan fingerprint density at radius 2 is 1.79 bits per heavy atom. The van der Waals surface area contributed by atoms with Crippen molar-refractivity contribution >= 4 is 33.5 Å². The zero-order valence-corrected chi connectivity index (χ0v) is 18.7. The van der Waals surface area contributed by atoms with Gasteiger partial charge in [-0.1, -0.05) is 31.4 Å². The number of benzene rings is 1. The topological polar surface area (TPSA) is 92.8 Å². The quantitative estimate of drug-likeness (QED) is 0.651. The molecule has 1 aromatic rings. The van der Waals surface area contributed by atoms with E-state index in [2.05, 4.69) is 5.32 Å². The number of sulfonamides is 1. The van der Waals surface area contributed by atoms with E-state index in [1.54, 1.807) is 0 Å². The molecule has 7 nitrogen and oxygen atoms in total. The molecule has 29 heavy (non-hydrogen) atoms. The fourth-order valence-corrected chi connectivity index (χ4v) is 4.98. The summed E-state index contributed by atoms with van der Waals surface area (Å²) in [6, 6.07) is 3.97. The first-order chi connectivity index (χ1) is 13.6. The van der Waals surface area contributed by atoms with Crippen LogP contribution in [0.4, 0.5) is 0 Å². The van der Waals surface area contributed by atoms with Gasteiger partial charge >= 0.3 is 5.97 Å². The number of halogens is 1. The maximum Gasteiger partial charge on any atom is 0.338 e. The Labute approximate surface area is 177 Å². The number of rotatable bonds is 7. The Kier molecular flexibility index (Phi) is 8.08. The van der Waals surface area contributed by atoms with Gasteiger partial charge in [0, 0.05) is 18.6 Å². The standard InChI is InChI=1S/C20H29ClN2O5S/c1-4-20(2,3)22-18(24)14-28-19(25)15-9-10-16(21)17(13-15)29(26,27)23-11-7-5-6-8-12-23/h9-10,13H,4-8,11-12,14H2,1-3H3,(H,22,24). The van der Waals surface area contributed by atoms with Crippen molar-refractivity contribution in [3.63, 3.8) is 0 Å². The van der Waals surface area contributed by atoms with Crippen LogP contribution in [-0.4, -0.2) is 49.8 Å². The Balaban J connectivity index is 2.13. The summed E-state index contributed by atoms with van der Waals surface area (Å²) in [6.07, 6.45) is 4.29. The highest BCUT2D eigenvalue weighted by molar-refractivity contribution is 7.89. The number of amides is 1. The van der Waals surface area contributed by atoms with Crippen LogP contribution in [0.2, 0.25) is 5.02 Å². The van der Waals surface area contributed by atoms with Gasteiger partial charge in [0.25, 0.3) is 5.91 Å². The first-order valence-electron chi connectivity index (χ1n) is 9.84. The Bertz CT molecular complexity index is 846. The third-order valence-corrected chi connectivity index (χ3v) is 7.43. The maximum absolute atomic E-state index is 13.0. The smallest absolute Gasteiger partial charge is 0.338 e. The molecule has 1 aliphatic heterocycles. The number of esters is 1. The average molecular weight is 445 g/mol. The van der Waals surface area contributed by atoms with Crippen molar-refractivity contribution in [3.8, 4) is 0 Å². The van der Waals surface area contributed by atoms with Crippen LogP contribution < -0.4 is 5.32 Å². The lowest BCUT2D eigenvalue weighted by Crippen LogP contribution is -2.44. The van der Waals surface area contributed by atoms with Gasteiger partial charge in [-0.3, -0.25) is 4.79 Å². The van der Waals surface area contributed by atoms with Crippen LogP contribution in [-0.2, 0) is 19.6 Å². The molecular formula is C20H29ClN2O5S. The highest BCUT2D eigenvalue weighted by Crippen LogP contribution is 2.28. The van der Waals surface area contributed by atoms with Crippen molar-refractivity contribution in [2.24, 2.45) is 0 Å². The summed E-state index contributed by atoms with van der Waals surface area (Å²) in [4.78, 5) is 24.2. The SMILES string of the molecule is CCC(C)(C)NC(=O)COC(=O)c1ccc(Cl)c(S(=O)(=O)N2CCCCCC2)c1. The maximum atomic E-state index is 13.0. The molecule has 2 rings (SSSR count). The number of nitrogens with zero attached hydrogens (tertiary/aromatic N) is 1. The van der Waals surface area contributed by atoms with Gasteiger partial charge in [0.15, 0.2) is 6.61 Å². The molecule has 0 unspecified atom stereocenters. The molecule has 0 saturated carbocycles. The van der Waals surface area contributed by atoms with E-state index in [4.69, 9.17) is 16.3 Å². The zero-order chi connectivity index (χ0) is 21.7. The minimum absolute atomic E-state index is 0.0327. The summed E-state index contributed by atoms with van der Waals surface area (Å²) < 4.78 is 32.5. The van der Waals surface area contributed by atoms with E-state index in [9.17, 15) is 18.0 Å². The van der Waals surface area contributed by atoms with E-state index in [0.717, 1.165) is 32.1 Å². The molecule has 1 aromatic carbocycles. The highest BCUT2D eigenvalue weighted by atomic mass is 35.5. The van der Waals surface area contributed by atoms with Gasteiger partial charge in [0.2, 0.25) is 10.0 Å². The van der Waals surface area contributed by atoms with Gasteiger partial charge in [0.1, 0.15) is 4.90 Å². The van der Waals surface area contributed by atoms with Crippen molar-refractivity contribution in [1.29, 1.82) is 0 Å². The lowest BCUT2D eigenvalue weighted by Gasteiger charge is -2.24. The van der Waals surface area contributed by atoms with Gasteiger partial charge in [-0.05, 0) is 51.3 Å². The van der Waals surface area contributed by atoms with Crippen molar-refractivity contribution in [1.82, 2.24) is 9.62 Å². The molecule has 162 valence electrons. The number of ether oxygens (including phenoxy) is 1. The van der Waals surface area contributed by atoms with Crippen LogP contribution in [0.3, 0.4) is 0 Å². The third-order valence-electron chi connectivity index (χ3n) is 5.05. The minimum atomic E-state index is -3.82. The van der Waals surface area contributed by atoms with Crippen LogP contribution >= 0.6 is 11.6 Å². The van der Waals surface area contributed by atoms with Gasteiger partial charge in [-0.25, -0.2) is 13.2 Å². The molecule has 1 N–H and O–H groups in total. The van der Waals surface area contributed by atoms with Crippen molar-refractivity contribution < 1.29 is 22.7 Å². The molecule has 0 bridgehead atoms. The molecule has 1 aliphatic rings. The van der Waals surface area contributed by atoms with E-state index in [-0.39, 0.29) is 15.5 Å². The molecule has 0 spiro atoms. The van der Waals surface area contributed by atoms with Crippen LogP contribution in [0.25, 0.3) is 0 Å². The molecule has 0 aliphatic carbocycles. The molecule has 1 heterocycles. The number of carbonyl (C=O) groups is 2. The summed E-state index contributed by atoms with van der Waals surface area (Å²) in [5.74, 6) is -1.20. The van der Waals surface area contributed by atoms with Crippen LogP contribution in [0.15, 0.2) is 23.1 Å². The number of hydrogen-bond acceptors (Lipinski definition) is 5. The van der Waals surface area contributed by atoms with E-state index >= 15 is 0 Å². The molecule has 1 saturated heterocycles. The molecule has 9 heteroatoms. The summed E-state index contributed by atoms with van der Waals surface area (Å²) in [6.45, 7) is 6.09. The predicted molar refractivity (Wildman–Crippen MR) is 111 cm³/mol. The van der Waals surface area contributed by atoms with Crippen molar-refractivity contribution in [3.05, 3.63) is 28.8 Å². The third kappa shape index (κ3) is 6.42. The molecule has 0 aromatic heterocycles. The lowest BCUT2D eigenvalue weighted by atomic mass is 10.0. The predicted octanol–water partition coefficient (Wildman–Crippen LogP) is 3.37. The van der Waals surface area contributed by atoms with Gasteiger partial charge in [0.05, 0.1) is 10.6 Å². The summed E-state index contributed by atoms with van der Waals surface area (Å²) in [5.41, 5.74) is -0.372. The van der Waals surface area contributed by atoms with Gasteiger partial charge in [-0.2, -0.15) is 4.31 Å². The zero-order valence-electron chi connectivity index (χ0n) is 17.2. The second kappa shape index (κ2) is 9.91. The van der Waals surface area contributed by atoms with E-state index in [1.807, 2.05) is 20.8 Å². The second-order valence-electron chi connectivity index (χ2n) is 7.83. The van der Waals surface area contributed by atoms with E-state index < -0.39 is 34.0 Å². The largest absolute Gasteiger partial charge is 0.452 e. The first kappa shape index (κ1) is 23.6. The lowest BCUT2D eigenvalue weighted by molar-refractivity contribution is -0.125. The second-order valence-corrected chi connectivity index (χ2v) is 10.1. The minimum Gasteiger partial charge on any atom is -0.452 e. The summed E-state index contributed by atoms with van der Waals surface area (Å²) >= 11 is 6.14. The van der Waals surface area contributed by atoms with Crippen LogP contribution in [0, 0.1) is 0 Å². The molecular weight excluding hydrogens is 416 g/mol. The van der Waals surface area contributed by atoms with E-state index in [0.29, 0.717) is 13.1 Å². The Hall–Kier alpha value is -1.64. The average Bonchev–Trinajstić information content (AvgIpc) is 2.96. The fourth-order valence-electron chi connectivity index (χ4n) is 2.97. The molecule has 1 amide bonds. The number of hydrogen-bond donors (Lipinski definition) is 1. The Morgan fingerprint density at radius 1 is 1.17 bits per heavy atom. The van der Waals surface area contributed by atoms with Crippen LogP contribution in [0.1, 0.15) is 63.2 Å². The summed E-state index contributed by atoms with van der Waals surface area (Å²) in [7, 11) is -3.82. The molecule has 0 atom stereocenters. The number of nitrogens with one attached hydrogen (secondary N) is 1. The van der Waals surface area contributed by atoms with Crippen LogP contribution in [0.5, 0.6) is 0 Å². The molecule has 0 radical (unpaired) electrons. The summed E-state index contributed by atoms with van der Waals surface area (Å²) in [5, 5.41) is 2.82. The fraction of sp³-hybridized carbons (Fsp3) is 0.600.